The van der Waals surface area contributed by atoms with Crippen molar-refractivity contribution in [3.63, 3.8) is 0 Å². The molecule has 0 nitrogen and oxygen atoms in total. The number of halogens is 4. The molecule has 1 rings (SSSR count). The molecule has 0 N–H and O–H groups in total. The predicted octanol–water partition coefficient (Wildman–Crippen LogP) is 4.15. The van der Waals surface area contributed by atoms with Crippen LogP contribution in [0.3, 0.4) is 0 Å². The first-order chi connectivity index (χ1) is 5.13. The summed E-state index contributed by atoms with van der Waals surface area (Å²) in [5, 5.41) is 0. The Morgan fingerprint density at radius 2 is 1.55 bits per heavy atom. The van der Waals surface area contributed by atoms with Gasteiger partial charge in [0, 0.05) is 14.5 Å². The molecule has 0 saturated carbocycles. The Kier molecular flexibility index (Phi) is 3.01. The lowest BCUT2D eigenvalue weighted by Crippen LogP contribution is -1.87. The zero-order valence-electron chi connectivity index (χ0n) is 5.32. The minimum absolute atomic E-state index is 0.00694. The van der Waals surface area contributed by atoms with Crippen molar-refractivity contribution >= 4 is 31.9 Å². The Labute approximate surface area is 79.9 Å². The molecule has 0 radical (unpaired) electrons. The third-order valence-electron chi connectivity index (χ3n) is 1.22. The maximum Gasteiger partial charge on any atom is 0.266 e. The van der Waals surface area contributed by atoms with E-state index in [9.17, 15) is 8.78 Å². The van der Waals surface area contributed by atoms with E-state index >= 15 is 0 Å². The van der Waals surface area contributed by atoms with E-state index < -0.39 is 6.43 Å². The van der Waals surface area contributed by atoms with Crippen LogP contribution in [0.2, 0.25) is 0 Å². The summed E-state index contributed by atoms with van der Waals surface area (Å²) in [5.41, 5.74) is 0.00694. The lowest BCUT2D eigenvalue weighted by atomic mass is 10.2. The van der Waals surface area contributed by atoms with E-state index in [1.807, 2.05) is 0 Å². The van der Waals surface area contributed by atoms with E-state index in [1.165, 1.54) is 0 Å². The van der Waals surface area contributed by atoms with Crippen molar-refractivity contribution in [1.29, 1.82) is 0 Å². The van der Waals surface area contributed by atoms with Crippen LogP contribution in [-0.4, -0.2) is 0 Å². The second-order valence-electron chi connectivity index (χ2n) is 1.94. The van der Waals surface area contributed by atoms with Gasteiger partial charge in [0.1, 0.15) is 0 Å². The third kappa shape index (κ3) is 1.99. The highest BCUT2D eigenvalue weighted by molar-refractivity contribution is 9.11. The van der Waals surface area contributed by atoms with Crippen molar-refractivity contribution in [2.45, 2.75) is 6.43 Å². The maximum atomic E-state index is 12.2. The summed E-state index contributed by atoms with van der Waals surface area (Å²) >= 11 is 6.08. The predicted molar refractivity (Wildman–Crippen MR) is 46.8 cm³/mol. The molecule has 0 amide bonds. The van der Waals surface area contributed by atoms with Crippen molar-refractivity contribution in [3.05, 3.63) is 32.7 Å². The summed E-state index contributed by atoms with van der Waals surface area (Å²) in [6.45, 7) is 0. The molecule has 0 aliphatic carbocycles. The van der Waals surface area contributed by atoms with Crippen LogP contribution >= 0.6 is 31.9 Å². The minimum Gasteiger partial charge on any atom is -0.205 e. The summed E-state index contributed by atoms with van der Waals surface area (Å²) < 4.78 is 25.3. The van der Waals surface area contributed by atoms with Crippen molar-refractivity contribution in [2.24, 2.45) is 0 Å². The summed E-state index contributed by atoms with van der Waals surface area (Å²) in [7, 11) is 0. The van der Waals surface area contributed by atoms with Gasteiger partial charge in [0.2, 0.25) is 0 Å². The summed E-state index contributed by atoms with van der Waals surface area (Å²) in [6.07, 6.45) is -2.44. The molecule has 11 heavy (non-hydrogen) atoms. The standard InChI is InChI=1S/C7H4Br2F2/c8-4-2-1-3-5(9)6(4)7(10)11/h1-3,7H. The SMILES string of the molecule is FC(F)c1c(Br)cccc1Br. The summed E-state index contributed by atoms with van der Waals surface area (Å²) in [5.74, 6) is 0. The molecule has 0 heterocycles. The van der Waals surface area contributed by atoms with E-state index in [4.69, 9.17) is 0 Å². The van der Waals surface area contributed by atoms with E-state index in [2.05, 4.69) is 31.9 Å². The fraction of sp³-hybridized carbons (Fsp3) is 0.143. The van der Waals surface area contributed by atoms with Gasteiger partial charge in [-0.05, 0) is 12.1 Å². The molecule has 0 aromatic heterocycles. The Morgan fingerprint density at radius 3 is 1.82 bits per heavy atom. The molecule has 0 fully saturated rings. The van der Waals surface area contributed by atoms with Gasteiger partial charge in [-0.3, -0.25) is 0 Å². The first-order valence-corrected chi connectivity index (χ1v) is 4.43. The molecular formula is C7H4Br2F2. The highest BCUT2D eigenvalue weighted by Crippen LogP contribution is 2.33. The Hall–Kier alpha value is 0.0400. The van der Waals surface area contributed by atoms with Crippen LogP contribution in [0, 0.1) is 0 Å². The van der Waals surface area contributed by atoms with Crippen LogP contribution in [-0.2, 0) is 0 Å². The van der Waals surface area contributed by atoms with Gasteiger partial charge in [-0.25, -0.2) is 8.78 Å². The van der Waals surface area contributed by atoms with E-state index in [1.54, 1.807) is 18.2 Å². The molecule has 0 saturated heterocycles. The van der Waals surface area contributed by atoms with Gasteiger partial charge in [0.15, 0.2) is 0 Å². The van der Waals surface area contributed by atoms with Crippen molar-refractivity contribution in [1.82, 2.24) is 0 Å². The monoisotopic (exact) mass is 284 g/mol. The highest BCUT2D eigenvalue weighted by Gasteiger charge is 2.14. The quantitative estimate of drug-likeness (QED) is 0.727. The molecular weight excluding hydrogens is 282 g/mol. The average molecular weight is 286 g/mol. The minimum atomic E-state index is -2.44. The fourth-order valence-electron chi connectivity index (χ4n) is 0.719. The zero-order chi connectivity index (χ0) is 8.43. The molecule has 0 bridgehead atoms. The largest absolute Gasteiger partial charge is 0.266 e. The third-order valence-corrected chi connectivity index (χ3v) is 2.60. The normalized spacial score (nSPS) is 10.6. The number of alkyl halides is 2. The number of hydrogen-bond acceptors (Lipinski definition) is 0. The van der Waals surface area contributed by atoms with E-state index in [0.29, 0.717) is 8.95 Å². The Morgan fingerprint density at radius 1 is 1.09 bits per heavy atom. The van der Waals surface area contributed by atoms with Gasteiger partial charge in [-0.1, -0.05) is 37.9 Å². The van der Waals surface area contributed by atoms with Gasteiger partial charge < -0.3 is 0 Å². The van der Waals surface area contributed by atoms with E-state index in [0.717, 1.165) is 0 Å². The molecule has 1 aromatic rings. The second kappa shape index (κ2) is 3.63. The smallest absolute Gasteiger partial charge is 0.205 e. The van der Waals surface area contributed by atoms with Gasteiger partial charge >= 0.3 is 0 Å². The van der Waals surface area contributed by atoms with E-state index in [-0.39, 0.29) is 5.56 Å². The van der Waals surface area contributed by atoms with Crippen molar-refractivity contribution in [3.8, 4) is 0 Å². The zero-order valence-corrected chi connectivity index (χ0v) is 8.49. The van der Waals surface area contributed by atoms with Gasteiger partial charge in [-0.15, -0.1) is 0 Å². The van der Waals surface area contributed by atoms with Crippen LogP contribution in [0.1, 0.15) is 12.0 Å². The maximum absolute atomic E-state index is 12.2. The second-order valence-corrected chi connectivity index (χ2v) is 3.64. The Bertz CT molecular complexity index is 240. The molecule has 0 aliphatic rings. The van der Waals surface area contributed by atoms with Crippen molar-refractivity contribution in [2.75, 3.05) is 0 Å². The van der Waals surface area contributed by atoms with Crippen LogP contribution in [0.15, 0.2) is 27.1 Å². The molecule has 4 heteroatoms. The van der Waals surface area contributed by atoms with Crippen LogP contribution in [0.25, 0.3) is 0 Å². The average Bonchev–Trinajstić information content (AvgIpc) is 1.85. The molecule has 60 valence electrons. The van der Waals surface area contributed by atoms with Crippen LogP contribution in [0.4, 0.5) is 8.78 Å². The highest BCUT2D eigenvalue weighted by atomic mass is 79.9. The Balaban J connectivity index is 3.21. The molecule has 0 unspecified atom stereocenters. The summed E-state index contributed by atoms with van der Waals surface area (Å²) in [4.78, 5) is 0. The number of hydrogen-bond donors (Lipinski definition) is 0. The lowest BCUT2D eigenvalue weighted by Gasteiger charge is -2.04. The molecule has 0 atom stereocenters. The van der Waals surface area contributed by atoms with Crippen LogP contribution in [0.5, 0.6) is 0 Å². The fourth-order valence-corrected chi connectivity index (χ4v) is 2.06. The number of benzene rings is 1. The van der Waals surface area contributed by atoms with Crippen molar-refractivity contribution < 1.29 is 8.78 Å². The molecule has 0 aliphatic heterocycles. The van der Waals surface area contributed by atoms with Gasteiger partial charge in [-0.2, -0.15) is 0 Å². The lowest BCUT2D eigenvalue weighted by molar-refractivity contribution is 0.149. The first-order valence-electron chi connectivity index (χ1n) is 2.85. The van der Waals surface area contributed by atoms with Gasteiger partial charge in [0.05, 0.1) is 0 Å². The first kappa shape index (κ1) is 9.13. The van der Waals surface area contributed by atoms with Gasteiger partial charge in [0.25, 0.3) is 6.43 Å². The van der Waals surface area contributed by atoms with Crippen LogP contribution < -0.4 is 0 Å². The summed E-state index contributed by atoms with van der Waals surface area (Å²) in [6, 6.07) is 4.87. The molecule has 1 aromatic carbocycles. The molecule has 0 spiro atoms. The topological polar surface area (TPSA) is 0 Å². The number of rotatable bonds is 1.